The van der Waals surface area contributed by atoms with E-state index in [1.807, 2.05) is 30.0 Å². The molecular formula is C24H40OS. The van der Waals surface area contributed by atoms with Crippen molar-refractivity contribution in [3.8, 4) is 0 Å². The summed E-state index contributed by atoms with van der Waals surface area (Å²) in [5, 5.41) is 0. The van der Waals surface area contributed by atoms with Crippen LogP contribution in [-0.2, 0) is 0 Å². The lowest BCUT2D eigenvalue weighted by molar-refractivity contribution is 0.112. The minimum Gasteiger partial charge on any atom is -0.298 e. The van der Waals surface area contributed by atoms with Crippen LogP contribution in [-0.4, -0.2) is 12.0 Å². The zero-order valence-corrected chi connectivity index (χ0v) is 17.8. The van der Waals surface area contributed by atoms with Crippen molar-refractivity contribution in [3.05, 3.63) is 29.8 Å². The Kier molecular flexibility index (Phi) is 15.8. The predicted octanol–water partition coefficient (Wildman–Crippen LogP) is 8.46. The normalized spacial score (nSPS) is 11.0. The molecule has 148 valence electrons. The second kappa shape index (κ2) is 17.6. The average molecular weight is 377 g/mol. The molecule has 0 atom stereocenters. The maximum absolute atomic E-state index is 11.0. The minimum atomic E-state index is 0.832. The highest BCUT2D eigenvalue weighted by Crippen LogP contribution is 2.23. The Morgan fingerprint density at radius 1 is 0.692 bits per heavy atom. The molecule has 0 radical (unpaired) electrons. The van der Waals surface area contributed by atoms with E-state index in [2.05, 4.69) is 13.0 Å². The van der Waals surface area contributed by atoms with Gasteiger partial charge in [-0.2, -0.15) is 0 Å². The summed E-state index contributed by atoms with van der Waals surface area (Å²) >= 11 is 1.83. The summed E-state index contributed by atoms with van der Waals surface area (Å²) in [6.07, 6.45) is 22.1. The van der Waals surface area contributed by atoms with Crippen LogP contribution in [0.5, 0.6) is 0 Å². The lowest BCUT2D eigenvalue weighted by Crippen LogP contribution is -1.87. The van der Waals surface area contributed by atoms with Crippen LogP contribution < -0.4 is 0 Å². The number of hydrogen-bond acceptors (Lipinski definition) is 2. The van der Waals surface area contributed by atoms with Crippen LogP contribution in [0.3, 0.4) is 0 Å². The molecule has 26 heavy (non-hydrogen) atoms. The third kappa shape index (κ3) is 12.6. The van der Waals surface area contributed by atoms with Crippen molar-refractivity contribution in [3.63, 3.8) is 0 Å². The van der Waals surface area contributed by atoms with Gasteiger partial charge in [-0.3, -0.25) is 4.79 Å². The van der Waals surface area contributed by atoms with Crippen LogP contribution in [0.1, 0.15) is 114 Å². The molecular weight excluding hydrogens is 336 g/mol. The third-order valence-electron chi connectivity index (χ3n) is 5.05. The predicted molar refractivity (Wildman–Crippen MR) is 117 cm³/mol. The molecule has 0 fully saturated rings. The van der Waals surface area contributed by atoms with Crippen LogP contribution in [0, 0.1) is 0 Å². The Morgan fingerprint density at radius 3 is 1.65 bits per heavy atom. The van der Waals surface area contributed by atoms with Crippen molar-refractivity contribution < 1.29 is 4.79 Å². The van der Waals surface area contributed by atoms with Gasteiger partial charge in [-0.25, -0.2) is 0 Å². The molecule has 0 spiro atoms. The summed E-state index contributed by atoms with van der Waals surface area (Å²) in [7, 11) is 0. The van der Waals surface area contributed by atoms with Gasteiger partial charge in [-0.1, -0.05) is 115 Å². The van der Waals surface area contributed by atoms with Gasteiger partial charge in [0.15, 0.2) is 6.29 Å². The van der Waals surface area contributed by atoms with Gasteiger partial charge in [0, 0.05) is 10.5 Å². The van der Waals surface area contributed by atoms with Gasteiger partial charge in [-0.05, 0) is 18.2 Å². The Balaban J connectivity index is 1.80. The molecule has 1 aromatic rings. The van der Waals surface area contributed by atoms with E-state index in [1.54, 1.807) is 0 Å². The van der Waals surface area contributed by atoms with E-state index in [4.69, 9.17) is 0 Å². The van der Waals surface area contributed by atoms with Crippen molar-refractivity contribution in [2.24, 2.45) is 0 Å². The molecule has 0 aliphatic carbocycles. The molecule has 0 aliphatic heterocycles. The van der Waals surface area contributed by atoms with Crippen LogP contribution >= 0.6 is 11.8 Å². The monoisotopic (exact) mass is 376 g/mol. The fourth-order valence-corrected chi connectivity index (χ4v) is 4.39. The van der Waals surface area contributed by atoms with E-state index in [0.717, 1.165) is 22.5 Å². The summed E-state index contributed by atoms with van der Waals surface area (Å²) in [5.41, 5.74) is 0.832. The molecule has 1 nitrogen and oxygen atoms in total. The maximum atomic E-state index is 11.0. The molecule has 1 rings (SSSR count). The average Bonchev–Trinajstić information content (AvgIpc) is 2.68. The molecule has 0 amide bonds. The maximum Gasteiger partial charge on any atom is 0.151 e. The van der Waals surface area contributed by atoms with Gasteiger partial charge < -0.3 is 0 Å². The summed E-state index contributed by atoms with van der Waals surface area (Å²) in [4.78, 5) is 12.1. The van der Waals surface area contributed by atoms with Crippen LogP contribution in [0.4, 0.5) is 0 Å². The molecule has 0 N–H and O–H groups in total. The summed E-state index contributed by atoms with van der Waals surface area (Å²) < 4.78 is 0. The summed E-state index contributed by atoms with van der Waals surface area (Å²) in [6.45, 7) is 2.29. The van der Waals surface area contributed by atoms with E-state index in [-0.39, 0.29) is 0 Å². The van der Waals surface area contributed by atoms with Gasteiger partial charge in [-0.15, -0.1) is 11.8 Å². The van der Waals surface area contributed by atoms with E-state index in [0.29, 0.717) is 0 Å². The van der Waals surface area contributed by atoms with E-state index in [9.17, 15) is 4.79 Å². The fraction of sp³-hybridized carbons (Fsp3) is 0.708. The van der Waals surface area contributed by atoms with Crippen molar-refractivity contribution >= 4 is 18.0 Å². The zero-order chi connectivity index (χ0) is 18.7. The molecule has 0 aromatic heterocycles. The Morgan fingerprint density at radius 2 is 1.15 bits per heavy atom. The van der Waals surface area contributed by atoms with Crippen molar-refractivity contribution in [1.29, 1.82) is 0 Å². The molecule has 0 saturated carbocycles. The lowest BCUT2D eigenvalue weighted by atomic mass is 10.0. The summed E-state index contributed by atoms with van der Waals surface area (Å²) in [5.74, 6) is 1.13. The van der Waals surface area contributed by atoms with E-state index < -0.39 is 0 Å². The quantitative estimate of drug-likeness (QED) is 0.145. The lowest BCUT2D eigenvalue weighted by Gasteiger charge is -2.05. The number of carbonyl (C=O) groups excluding carboxylic acids is 1. The van der Waals surface area contributed by atoms with Crippen molar-refractivity contribution in [2.75, 3.05) is 5.75 Å². The number of aldehydes is 1. The number of benzene rings is 1. The first-order chi connectivity index (χ1) is 12.9. The highest BCUT2D eigenvalue weighted by molar-refractivity contribution is 7.99. The fourth-order valence-electron chi connectivity index (χ4n) is 3.36. The molecule has 0 bridgehead atoms. The first-order valence-electron chi connectivity index (χ1n) is 11.1. The largest absolute Gasteiger partial charge is 0.298 e. The van der Waals surface area contributed by atoms with Gasteiger partial charge in [0.25, 0.3) is 0 Å². The molecule has 0 heterocycles. The second-order valence-electron chi connectivity index (χ2n) is 7.45. The van der Waals surface area contributed by atoms with Gasteiger partial charge in [0.1, 0.15) is 0 Å². The molecule has 0 unspecified atom stereocenters. The molecule has 0 saturated heterocycles. The SMILES string of the molecule is CCCCCCCCCCCCCCCCCSc1ccccc1C=O. The van der Waals surface area contributed by atoms with Crippen LogP contribution in [0.25, 0.3) is 0 Å². The molecule has 2 heteroatoms. The van der Waals surface area contributed by atoms with Gasteiger partial charge in [0.05, 0.1) is 0 Å². The number of thioether (sulfide) groups is 1. The van der Waals surface area contributed by atoms with Crippen LogP contribution in [0.2, 0.25) is 0 Å². The van der Waals surface area contributed by atoms with Gasteiger partial charge in [0.2, 0.25) is 0 Å². The Hall–Kier alpha value is -0.760. The topological polar surface area (TPSA) is 17.1 Å². The van der Waals surface area contributed by atoms with E-state index >= 15 is 0 Å². The highest BCUT2D eigenvalue weighted by Gasteiger charge is 2.00. The van der Waals surface area contributed by atoms with Crippen molar-refractivity contribution in [1.82, 2.24) is 0 Å². The smallest absolute Gasteiger partial charge is 0.151 e. The highest BCUT2D eigenvalue weighted by atomic mass is 32.2. The third-order valence-corrected chi connectivity index (χ3v) is 6.23. The Labute approximate surface area is 166 Å². The van der Waals surface area contributed by atoms with E-state index in [1.165, 1.54) is 96.3 Å². The summed E-state index contributed by atoms with van der Waals surface area (Å²) in [6, 6.07) is 7.91. The number of hydrogen-bond donors (Lipinski definition) is 0. The molecule has 0 aliphatic rings. The second-order valence-corrected chi connectivity index (χ2v) is 8.59. The van der Waals surface area contributed by atoms with Gasteiger partial charge >= 0.3 is 0 Å². The minimum absolute atomic E-state index is 0.832. The zero-order valence-electron chi connectivity index (χ0n) is 17.0. The first-order valence-corrected chi connectivity index (χ1v) is 12.0. The number of rotatable bonds is 18. The number of carbonyl (C=O) groups is 1. The Bertz CT molecular complexity index is 444. The molecule has 1 aromatic carbocycles. The van der Waals surface area contributed by atoms with Crippen LogP contribution in [0.15, 0.2) is 29.2 Å². The number of unbranched alkanes of at least 4 members (excludes halogenated alkanes) is 14. The van der Waals surface area contributed by atoms with Crippen molar-refractivity contribution in [2.45, 2.75) is 108 Å². The first kappa shape index (κ1) is 23.3. The standard InChI is InChI=1S/C24H40OS/c1-2-3-4-5-6-7-8-9-10-11-12-13-14-15-18-21-26-24-20-17-16-19-23(24)22-25/h16-17,19-20,22H,2-15,18,21H2,1H3.